The van der Waals surface area contributed by atoms with Crippen molar-refractivity contribution in [3.8, 4) is 0 Å². The summed E-state index contributed by atoms with van der Waals surface area (Å²) in [6.45, 7) is 2.17. The summed E-state index contributed by atoms with van der Waals surface area (Å²) >= 11 is 11.6. The van der Waals surface area contributed by atoms with Gasteiger partial charge in [0.15, 0.2) is 0 Å². The molecule has 2 unspecified atom stereocenters. The van der Waals surface area contributed by atoms with Crippen LogP contribution in [0.2, 0.25) is 6.04 Å². The molecule has 2 aliphatic rings. The lowest BCUT2D eigenvalue weighted by Gasteiger charge is -2.14. The van der Waals surface area contributed by atoms with Gasteiger partial charge < -0.3 is 0 Å². The number of rotatable bonds is 5. The number of fused-ring (bicyclic) bond motifs is 2. The molecule has 0 aromatic rings. The van der Waals surface area contributed by atoms with E-state index >= 15 is 0 Å². The number of halogens is 2. The molecule has 3 heteroatoms. The molecule has 2 bridgehead atoms. The van der Waals surface area contributed by atoms with E-state index in [2.05, 4.69) is 31.2 Å². The molecule has 2 atom stereocenters. The number of allylic oxidation sites excluding steroid dienone is 6. The Bertz CT molecular complexity index is 355. The Hall–Kier alpha value is 0.0169. The molecule has 0 saturated heterocycles. The molecule has 2 aliphatic carbocycles. The zero-order chi connectivity index (χ0) is 12.3. The summed E-state index contributed by atoms with van der Waals surface area (Å²) in [5, 5.41) is 0. The van der Waals surface area contributed by atoms with Gasteiger partial charge >= 0.3 is 0 Å². The first-order chi connectivity index (χ1) is 8.20. The van der Waals surface area contributed by atoms with Gasteiger partial charge in [-0.3, -0.25) is 0 Å². The number of hydrogen-bond donors (Lipinski definition) is 0. The van der Waals surface area contributed by atoms with Crippen molar-refractivity contribution in [1.29, 1.82) is 0 Å². The predicted octanol–water partition coefficient (Wildman–Crippen LogP) is 4.93. The summed E-state index contributed by atoms with van der Waals surface area (Å²) in [6, 6.07) is 0.900. The Kier molecular flexibility index (Phi) is 4.95. The van der Waals surface area contributed by atoms with Crippen molar-refractivity contribution in [3.63, 3.8) is 0 Å². The zero-order valence-corrected chi connectivity index (χ0v) is 13.0. The van der Waals surface area contributed by atoms with Crippen LogP contribution < -0.4 is 0 Å². The summed E-state index contributed by atoms with van der Waals surface area (Å²) in [6.07, 6.45) is 14.3. The summed E-state index contributed by atoms with van der Waals surface area (Å²) in [4.78, 5) is 0. The van der Waals surface area contributed by atoms with Crippen molar-refractivity contribution >= 4 is 29.6 Å². The smallest absolute Gasteiger partial charge is 0.150 e. The van der Waals surface area contributed by atoms with Crippen LogP contribution >= 0.6 is 22.2 Å². The molecule has 0 radical (unpaired) electrons. The van der Waals surface area contributed by atoms with Crippen molar-refractivity contribution in [2.24, 2.45) is 11.8 Å². The maximum atomic E-state index is 5.80. The van der Waals surface area contributed by atoms with E-state index in [4.69, 9.17) is 22.2 Å². The molecule has 0 aromatic heterocycles. The normalized spacial score (nSPS) is 29.9. The lowest BCUT2D eigenvalue weighted by Crippen LogP contribution is -1.99. The predicted molar refractivity (Wildman–Crippen MR) is 80.1 cm³/mol. The first-order valence-electron chi connectivity index (χ1n) is 6.49. The molecule has 0 spiro atoms. The summed E-state index contributed by atoms with van der Waals surface area (Å²) < 4.78 is 0. The highest BCUT2D eigenvalue weighted by molar-refractivity contribution is 7.33. The first kappa shape index (κ1) is 13.4. The fourth-order valence-electron chi connectivity index (χ4n) is 3.02. The molecule has 0 aliphatic heterocycles. The van der Waals surface area contributed by atoms with Gasteiger partial charge in [0.05, 0.1) is 0 Å². The standard InChI is InChI=1S/C14H20Cl2Si/c1-2-11-8-14-10-13(11)9-12(14)6-4-3-5-7-17(15)16/h2-3,5,9,13-14,17H,4,6-8,10H2,1H3. The van der Waals surface area contributed by atoms with E-state index in [0.29, 0.717) is 0 Å². The van der Waals surface area contributed by atoms with E-state index < -0.39 is 7.42 Å². The molecule has 1 fully saturated rings. The van der Waals surface area contributed by atoms with Crippen LogP contribution in [0.3, 0.4) is 0 Å². The van der Waals surface area contributed by atoms with E-state index in [1.165, 1.54) is 19.3 Å². The maximum absolute atomic E-state index is 5.80. The van der Waals surface area contributed by atoms with Crippen LogP contribution in [0, 0.1) is 11.8 Å². The first-order valence-corrected chi connectivity index (χ1v) is 10.8. The van der Waals surface area contributed by atoms with Crippen molar-refractivity contribution in [2.75, 3.05) is 0 Å². The largest absolute Gasteiger partial charge is 0.240 e. The van der Waals surface area contributed by atoms with Crippen LogP contribution in [-0.2, 0) is 0 Å². The Balaban J connectivity index is 1.75. The minimum atomic E-state index is -1.43. The molecule has 0 N–H and O–H groups in total. The maximum Gasteiger partial charge on any atom is 0.240 e. The minimum Gasteiger partial charge on any atom is -0.150 e. The second-order valence-electron chi connectivity index (χ2n) is 4.99. The fraction of sp³-hybridized carbons (Fsp3) is 0.571. The highest BCUT2D eigenvalue weighted by Crippen LogP contribution is 2.48. The Labute approximate surface area is 115 Å². The Morgan fingerprint density at radius 3 is 2.82 bits per heavy atom. The highest BCUT2D eigenvalue weighted by Gasteiger charge is 2.35. The summed E-state index contributed by atoms with van der Waals surface area (Å²) in [5.74, 6) is 1.62. The van der Waals surface area contributed by atoms with Crippen molar-refractivity contribution < 1.29 is 0 Å². The van der Waals surface area contributed by atoms with Gasteiger partial charge in [0.1, 0.15) is 0 Å². The van der Waals surface area contributed by atoms with Crippen molar-refractivity contribution in [3.05, 3.63) is 35.5 Å². The summed E-state index contributed by atoms with van der Waals surface area (Å²) in [5.41, 5.74) is 3.35. The van der Waals surface area contributed by atoms with Gasteiger partial charge in [-0.15, -0.1) is 0 Å². The zero-order valence-electron chi connectivity index (χ0n) is 10.3. The van der Waals surface area contributed by atoms with Gasteiger partial charge in [-0.25, -0.2) is 0 Å². The topological polar surface area (TPSA) is 0 Å². The van der Waals surface area contributed by atoms with Gasteiger partial charge in [-0.1, -0.05) is 35.5 Å². The Morgan fingerprint density at radius 1 is 1.41 bits per heavy atom. The third-order valence-electron chi connectivity index (χ3n) is 3.89. The molecule has 17 heavy (non-hydrogen) atoms. The number of hydrogen-bond acceptors (Lipinski definition) is 0. The second-order valence-corrected chi connectivity index (χ2v) is 10.1. The lowest BCUT2D eigenvalue weighted by atomic mass is 9.92. The van der Waals surface area contributed by atoms with Crippen molar-refractivity contribution in [1.82, 2.24) is 0 Å². The average molecular weight is 287 g/mol. The molecule has 0 amide bonds. The quantitative estimate of drug-likeness (QED) is 0.382. The molecule has 2 rings (SSSR count). The SMILES string of the molecule is CC=C1CC2CC1C=C2CCC=CC[SiH](Cl)Cl. The van der Waals surface area contributed by atoms with E-state index in [9.17, 15) is 0 Å². The third kappa shape index (κ3) is 3.49. The molecular formula is C14H20Cl2Si. The van der Waals surface area contributed by atoms with Crippen LogP contribution in [-0.4, -0.2) is 7.42 Å². The van der Waals surface area contributed by atoms with E-state index in [0.717, 1.165) is 24.3 Å². The fourth-order valence-corrected chi connectivity index (χ4v) is 4.03. The van der Waals surface area contributed by atoms with Gasteiger partial charge in [-0.2, -0.15) is 22.2 Å². The third-order valence-corrected chi connectivity index (χ3v) is 5.59. The van der Waals surface area contributed by atoms with E-state index in [1.54, 1.807) is 11.1 Å². The highest BCUT2D eigenvalue weighted by atomic mass is 35.7. The van der Waals surface area contributed by atoms with Gasteiger partial charge in [0.25, 0.3) is 0 Å². The molecule has 0 aromatic carbocycles. The molecular weight excluding hydrogens is 267 g/mol. The summed E-state index contributed by atoms with van der Waals surface area (Å²) in [7, 11) is -1.43. The van der Waals surface area contributed by atoms with Crippen LogP contribution in [0.1, 0.15) is 32.6 Å². The van der Waals surface area contributed by atoms with Crippen molar-refractivity contribution in [2.45, 2.75) is 38.7 Å². The second kappa shape index (κ2) is 6.26. The molecule has 94 valence electrons. The van der Waals surface area contributed by atoms with Crippen LogP contribution in [0.25, 0.3) is 0 Å². The van der Waals surface area contributed by atoms with Gasteiger partial charge in [0.2, 0.25) is 7.42 Å². The van der Waals surface area contributed by atoms with E-state index in [1.807, 2.05) is 0 Å². The van der Waals surface area contributed by atoms with Crippen LogP contribution in [0.4, 0.5) is 0 Å². The Morgan fingerprint density at radius 2 is 2.24 bits per heavy atom. The molecule has 1 saturated carbocycles. The minimum absolute atomic E-state index is 0.770. The van der Waals surface area contributed by atoms with Crippen LogP contribution in [0.5, 0.6) is 0 Å². The molecule has 0 nitrogen and oxygen atoms in total. The van der Waals surface area contributed by atoms with Crippen LogP contribution in [0.15, 0.2) is 35.5 Å². The lowest BCUT2D eigenvalue weighted by molar-refractivity contribution is 0.637. The van der Waals surface area contributed by atoms with E-state index in [-0.39, 0.29) is 0 Å². The molecule has 0 heterocycles. The monoisotopic (exact) mass is 286 g/mol. The van der Waals surface area contributed by atoms with Gasteiger partial charge in [0, 0.05) is 0 Å². The van der Waals surface area contributed by atoms with Gasteiger partial charge in [-0.05, 0) is 50.5 Å². The average Bonchev–Trinajstić information content (AvgIpc) is 2.87.